The normalized spacial score (nSPS) is 32.0. The first-order valence-electron chi connectivity index (χ1n) is 9.00. The first kappa shape index (κ1) is 19.7. The van der Waals surface area contributed by atoms with Crippen LogP contribution in [0.15, 0.2) is 23.2 Å². The fourth-order valence-electron chi connectivity index (χ4n) is 4.27. The van der Waals surface area contributed by atoms with Crippen molar-refractivity contribution in [1.82, 2.24) is 10.6 Å². The SMILES string of the molecule is CC[C@@H]1NC(N)=[N+]2C[C@H](OC(=O)c3ccc(F)cc3Cl)C(O)(O)[C@@]23NC(N)=N[C@@H]13. The molecule has 0 bridgehead atoms. The minimum Gasteiger partial charge on any atom is -0.449 e. The molecule has 3 aliphatic rings. The van der Waals surface area contributed by atoms with Crippen LogP contribution in [-0.4, -0.2) is 68.9 Å². The smallest absolute Gasteiger partial charge is 0.346 e. The Balaban J connectivity index is 1.70. The number of hydrogen-bond acceptors (Lipinski definition) is 9. The van der Waals surface area contributed by atoms with Crippen molar-refractivity contribution in [2.75, 3.05) is 6.54 Å². The number of hydrogen-bond donors (Lipinski definition) is 6. The Hall–Kier alpha value is -2.63. The molecule has 156 valence electrons. The first-order chi connectivity index (χ1) is 13.6. The number of nitrogens with two attached hydrogens (primary N) is 2. The third-order valence-electron chi connectivity index (χ3n) is 5.65. The van der Waals surface area contributed by atoms with Gasteiger partial charge in [0.1, 0.15) is 24.4 Å². The summed E-state index contributed by atoms with van der Waals surface area (Å²) in [5.41, 5.74) is 10.2. The van der Waals surface area contributed by atoms with Gasteiger partial charge in [0.25, 0.3) is 5.79 Å². The lowest BCUT2D eigenvalue weighted by Gasteiger charge is -2.43. The van der Waals surface area contributed by atoms with Gasteiger partial charge >= 0.3 is 11.9 Å². The lowest BCUT2D eigenvalue weighted by molar-refractivity contribution is -0.623. The van der Waals surface area contributed by atoms with Crippen molar-refractivity contribution in [3.63, 3.8) is 0 Å². The van der Waals surface area contributed by atoms with Crippen molar-refractivity contribution in [3.8, 4) is 0 Å². The number of aliphatic imine (C=N–C) groups is 1. The van der Waals surface area contributed by atoms with Gasteiger partial charge in [0.05, 0.1) is 10.6 Å². The van der Waals surface area contributed by atoms with E-state index in [1.54, 1.807) is 0 Å². The molecular weight excluding hydrogens is 407 g/mol. The number of benzene rings is 1. The van der Waals surface area contributed by atoms with Gasteiger partial charge < -0.3 is 26.0 Å². The van der Waals surface area contributed by atoms with Crippen LogP contribution in [0.5, 0.6) is 0 Å². The standard InChI is InChI=1S/C17H20ClFN6O4/c1-2-10-12-16(24-14(20)23-12)17(27,28)11(6-25(16)15(21)22-10)29-13(26)8-4-3-7(19)5-9(8)18/h3-5,10-12,27-28H,2,6H2,1H3,(H5,20,21,22,23,24)/p+1/t10-,11-,12-,16-/m0/s1. The molecule has 0 aliphatic carbocycles. The molecule has 0 radical (unpaired) electrons. The quantitative estimate of drug-likeness (QED) is 0.191. The first-order valence-corrected chi connectivity index (χ1v) is 9.38. The Morgan fingerprint density at radius 1 is 1.48 bits per heavy atom. The minimum absolute atomic E-state index is 0.0102. The Morgan fingerprint density at radius 3 is 2.86 bits per heavy atom. The molecule has 0 unspecified atom stereocenters. The summed E-state index contributed by atoms with van der Waals surface area (Å²) in [6.07, 6.45) is -0.853. The van der Waals surface area contributed by atoms with Gasteiger partial charge in [0.15, 0.2) is 12.1 Å². The van der Waals surface area contributed by atoms with Crippen LogP contribution >= 0.6 is 11.6 Å². The highest BCUT2D eigenvalue weighted by Gasteiger charge is 2.75. The topological polar surface area (TPSA) is 158 Å². The molecule has 1 spiro atoms. The van der Waals surface area contributed by atoms with E-state index in [9.17, 15) is 19.4 Å². The molecule has 1 fully saturated rings. The number of carbonyl (C=O) groups excluding carboxylic acids is 1. The van der Waals surface area contributed by atoms with Crippen LogP contribution in [-0.2, 0) is 4.74 Å². The van der Waals surface area contributed by atoms with E-state index in [0.717, 1.165) is 18.2 Å². The van der Waals surface area contributed by atoms with E-state index in [0.29, 0.717) is 6.42 Å². The third-order valence-corrected chi connectivity index (χ3v) is 5.97. The molecule has 4 atom stereocenters. The van der Waals surface area contributed by atoms with Gasteiger partial charge in [-0.2, -0.15) is 0 Å². The van der Waals surface area contributed by atoms with E-state index in [-0.39, 0.29) is 35.1 Å². The molecule has 12 heteroatoms. The number of esters is 1. The van der Waals surface area contributed by atoms with Crippen LogP contribution in [0, 0.1) is 5.82 Å². The van der Waals surface area contributed by atoms with Gasteiger partial charge in [0.2, 0.25) is 5.66 Å². The highest BCUT2D eigenvalue weighted by molar-refractivity contribution is 6.33. The summed E-state index contributed by atoms with van der Waals surface area (Å²) in [7, 11) is 0. The Labute approximate surface area is 170 Å². The molecule has 4 rings (SSSR count). The minimum atomic E-state index is -2.61. The van der Waals surface area contributed by atoms with Crippen LogP contribution in [0.25, 0.3) is 0 Å². The van der Waals surface area contributed by atoms with E-state index in [2.05, 4.69) is 15.6 Å². The number of halogens is 2. The maximum atomic E-state index is 13.3. The fourth-order valence-corrected chi connectivity index (χ4v) is 4.52. The molecule has 0 aromatic heterocycles. The molecule has 8 N–H and O–H groups in total. The molecule has 1 aromatic rings. The number of rotatable bonds is 3. The lowest BCUT2D eigenvalue weighted by Crippen LogP contribution is -2.78. The summed E-state index contributed by atoms with van der Waals surface area (Å²) < 4.78 is 20.1. The van der Waals surface area contributed by atoms with Gasteiger partial charge in [-0.15, -0.1) is 0 Å². The van der Waals surface area contributed by atoms with Gasteiger partial charge in [-0.05, 0) is 24.6 Å². The van der Waals surface area contributed by atoms with Crippen molar-refractivity contribution in [1.29, 1.82) is 0 Å². The largest absolute Gasteiger partial charge is 0.449 e. The summed E-state index contributed by atoms with van der Waals surface area (Å²) in [6.45, 7) is 1.73. The number of nitrogens with zero attached hydrogens (tertiary/aromatic N) is 2. The van der Waals surface area contributed by atoms with Crippen LogP contribution in [0.1, 0.15) is 23.7 Å². The number of ether oxygens (including phenoxy) is 1. The number of aliphatic hydroxyl groups is 2. The second-order valence-corrected chi connectivity index (χ2v) is 7.66. The van der Waals surface area contributed by atoms with Gasteiger partial charge in [-0.3, -0.25) is 11.1 Å². The van der Waals surface area contributed by atoms with Crippen molar-refractivity contribution in [2.24, 2.45) is 16.5 Å². The zero-order valence-electron chi connectivity index (χ0n) is 15.4. The predicted octanol–water partition coefficient (Wildman–Crippen LogP) is -1.61. The molecule has 3 aliphatic heterocycles. The molecule has 0 saturated carbocycles. The number of guanidine groups is 2. The van der Waals surface area contributed by atoms with Crippen molar-refractivity contribution in [3.05, 3.63) is 34.6 Å². The van der Waals surface area contributed by atoms with Crippen molar-refractivity contribution < 1.29 is 28.7 Å². The second kappa shape index (κ2) is 6.44. The van der Waals surface area contributed by atoms with E-state index < -0.39 is 35.4 Å². The summed E-state index contributed by atoms with van der Waals surface area (Å²) in [4.78, 5) is 16.9. The fraction of sp³-hybridized carbons (Fsp3) is 0.471. The zero-order chi connectivity index (χ0) is 21.1. The van der Waals surface area contributed by atoms with Crippen LogP contribution in [0.2, 0.25) is 5.02 Å². The van der Waals surface area contributed by atoms with Crippen LogP contribution in [0.3, 0.4) is 0 Å². The van der Waals surface area contributed by atoms with Gasteiger partial charge in [0, 0.05) is 0 Å². The van der Waals surface area contributed by atoms with Gasteiger partial charge in [-0.1, -0.05) is 18.5 Å². The lowest BCUT2D eigenvalue weighted by atomic mass is 9.85. The Kier molecular flexibility index (Phi) is 4.37. The van der Waals surface area contributed by atoms with Gasteiger partial charge in [-0.25, -0.2) is 18.8 Å². The Morgan fingerprint density at radius 2 is 2.21 bits per heavy atom. The summed E-state index contributed by atoms with van der Waals surface area (Å²) >= 11 is 5.91. The molecule has 29 heavy (non-hydrogen) atoms. The summed E-state index contributed by atoms with van der Waals surface area (Å²) in [5.74, 6) is -3.99. The van der Waals surface area contributed by atoms with Crippen LogP contribution in [0.4, 0.5) is 4.39 Å². The molecule has 1 saturated heterocycles. The van der Waals surface area contributed by atoms with E-state index in [1.165, 1.54) is 4.58 Å². The monoisotopic (exact) mass is 427 g/mol. The summed E-state index contributed by atoms with van der Waals surface area (Å²) in [6, 6.07) is 2.12. The number of carbonyl (C=O) groups is 1. The highest BCUT2D eigenvalue weighted by atomic mass is 35.5. The maximum Gasteiger partial charge on any atom is 0.346 e. The van der Waals surface area contributed by atoms with Crippen molar-refractivity contribution >= 4 is 29.5 Å². The molecular formula is C17H21ClFN6O4+. The molecule has 0 amide bonds. The molecule has 1 aromatic carbocycles. The highest BCUT2D eigenvalue weighted by Crippen LogP contribution is 2.43. The predicted molar refractivity (Wildman–Crippen MR) is 101 cm³/mol. The maximum absolute atomic E-state index is 13.3. The van der Waals surface area contributed by atoms with E-state index in [4.69, 9.17) is 27.8 Å². The second-order valence-electron chi connectivity index (χ2n) is 7.25. The van der Waals surface area contributed by atoms with Crippen LogP contribution < -0.4 is 22.1 Å². The number of nitrogens with one attached hydrogen (secondary N) is 2. The molecule has 10 nitrogen and oxygen atoms in total. The Bertz CT molecular complexity index is 954. The summed E-state index contributed by atoms with van der Waals surface area (Å²) in [5, 5.41) is 28.0. The van der Waals surface area contributed by atoms with Crippen molar-refractivity contribution in [2.45, 2.75) is 43.0 Å². The molecule has 3 heterocycles. The third kappa shape index (κ3) is 2.65. The average Bonchev–Trinajstić information content (AvgIpc) is 3.10. The zero-order valence-corrected chi connectivity index (χ0v) is 16.2. The van der Waals surface area contributed by atoms with E-state index in [1.807, 2.05) is 6.92 Å². The van der Waals surface area contributed by atoms with E-state index >= 15 is 0 Å². The average molecular weight is 428 g/mol.